The summed E-state index contributed by atoms with van der Waals surface area (Å²) in [7, 11) is 0. The molecule has 1 heteroatoms. The predicted molar refractivity (Wildman–Crippen MR) is 67.8 cm³/mol. The molecule has 0 atom stereocenters. The van der Waals surface area contributed by atoms with Gasteiger partial charge in [-0.2, -0.15) is 0 Å². The van der Waals surface area contributed by atoms with Gasteiger partial charge in [0.25, 0.3) is 0 Å². The first kappa shape index (κ1) is 12.4. The highest BCUT2D eigenvalue weighted by atomic mass is 15.1. The Balaban J connectivity index is 2.65. The maximum absolute atomic E-state index is 2.53. The van der Waals surface area contributed by atoms with E-state index in [1.54, 1.807) is 0 Å². The number of allylic oxidation sites excluding steroid dienone is 3. The van der Waals surface area contributed by atoms with Gasteiger partial charge in [0.15, 0.2) is 0 Å². The van der Waals surface area contributed by atoms with E-state index < -0.39 is 0 Å². The SMILES string of the molecule is CC/C=C(/C=C(\C)CCC)N1CCCC1. The number of likely N-dealkylation sites (tertiary alicyclic amines) is 1. The molecule has 0 aromatic carbocycles. The van der Waals surface area contributed by atoms with Crippen LogP contribution in [0.5, 0.6) is 0 Å². The van der Waals surface area contributed by atoms with Gasteiger partial charge < -0.3 is 4.90 Å². The molecule has 1 saturated heterocycles. The molecule has 0 bridgehead atoms. The van der Waals surface area contributed by atoms with Crippen LogP contribution in [0.25, 0.3) is 0 Å². The third kappa shape index (κ3) is 4.11. The molecule has 1 rings (SSSR count). The molecule has 0 radical (unpaired) electrons. The number of hydrogen-bond acceptors (Lipinski definition) is 1. The first-order valence-electron chi connectivity index (χ1n) is 6.40. The molecule has 0 aromatic rings. The molecule has 0 aromatic heterocycles. The lowest BCUT2D eigenvalue weighted by Crippen LogP contribution is -2.17. The molecule has 0 N–H and O–H groups in total. The van der Waals surface area contributed by atoms with Crippen LogP contribution in [0.4, 0.5) is 0 Å². The van der Waals surface area contributed by atoms with Crippen molar-refractivity contribution >= 4 is 0 Å². The highest BCUT2D eigenvalue weighted by Crippen LogP contribution is 2.18. The molecule has 0 amide bonds. The van der Waals surface area contributed by atoms with E-state index in [-0.39, 0.29) is 0 Å². The maximum Gasteiger partial charge on any atom is 0.0324 e. The quantitative estimate of drug-likeness (QED) is 0.613. The second kappa shape index (κ2) is 6.71. The van der Waals surface area contributed by atoms with Crippen molar-refractivity contribution in [1.82, 2.24) is 4.90 Å². The highest BCUT2D eigenvalue weighted by molar-refractivity contribution is 5.22. The van der Waals surface area contributed by atoms with Crippen LogP contribution in [0, 0.1) is 0 Å². The Hall–Kier alpha value is -0.720. The van der Waals surface area contributed by atoms with Gasteiger partial charge in [-0.05, 0) is 38.7 Å². The van der Waals surface area contributed by atoms with Crippen LogP contribution in [-0.4, -0.2) is 18.0 Å². The van der Waals surface area contributed by atoms with Crippen molar-refractivity contribution in [2.24, 2.45) is 0 Å². The van der Waals surface area contributed by atoms with Crippen LogP contribution >= 0.6 is 0 Å². The second-order valence-corrected chi connectivity index (χ2v) is 4.47. The maximum atomic E-state index is 2.53. The summed E-state index contributed by atoms with van der Waals surface area (Å²) < 4.78 is 0. The third-order valence-electron chi connectivity index (χ3n) is 2.92. The van der Waals surface area contributed by atoms with Crippen molar-refractivity contribution in [1.29, 1.82) is 0 Å². The van der Waals surface area contributed by atoms with Gasteiger partial charge in [-0.3, -0.25) is 0 Å². The van der Waals surface area contributed by atoms with E-state index in [0.29, 0.717) is 0 Å². The van der Waals surface area contributed by atoms with Gasteiger partial charge in [0, 0.05) is 18.8 Å². The van der Waals surface area contributed by atoms with Gasteiger partial charge in [0.2, 0.25) is 0 Å². The lowest BCUT2D eigenvalue weighted by atomic mass is 10.1. The van der Waals surface area contributed by atoms with Crippen molar-refractivity contribution < 1.29 is 0 Å². The van der Waals surface area contributed by atoms with E-state index in [2.05, 4.69) is 37.8 Å². The average molecular weight is 207 g/mol. The highest BCUT2D eigenvalue weighted by Gasteiger charge is 2.12. The van der Waals surface area contributed by atoms with Gasteiger partial charge >= 0.3 is 0 Å². The molecule has 1 fully saturated rings. The zero-order valence-electron chi connectivity index (χ0n) is 10.6. The Kier molecular flexibility index (Phi) is 5.52. The average Bonchev–Trinajstić information content (AvgIpc) is 2.70. The fraction of sp³-hybridized carbons (Fsp3) is 0.714. The summed E-state index contributed by atoms with van der Waals surface area (Å²) in [6, 6.07) is 0. The summed E-state index contributed by atoms with van der Waals surface area (Å²) in [5, 5.41) is 0. The molecule has 86 valence electrons. The lowest BCUT2D eigenvalue weighted by molar-refractivity contribution is 0.438. The standard InChI is InChI=1S/C14H25N/c1-4-8-13(3)12-14(9-5-2)15-10-6-7-11-15/h9,12H,4-8,10-11H2,1-3H3/b13-12+,14-9-. The molecule has 0 aliphatic carbocycles. The zero-order chi connectivity index (χ0) is 11.1. The number of hydrogen-bond donors (Lipinski definition) is 0. The number of rotatable bonds is 5. The van der Waals surface area contributed by atoms with E-state index in [4.69, 9.17) is 0 Å². The van der Waals surface area contributed by atoms with Crippen molar-refractivity contribution in [3.8, 4) is 0 Å². The van der Waals surface area contributed by atoms with Crippen molar-refractivity contribution in [3.05, 3.63) is 23.4 Å². The summed E-state index contributed by atoms with van der Waals surface area (Å²) in [5.74, 6) is 0. The first-order valence-corrected chi connectivity index (χ1v) is 6.40. The minimum Gasteiger partial charge on any atom is -0.372 e. The molecule has 1 aliphatic heterocycles. The summed E-state index contributed by atoms with van der Waals surface area (Å²) in [5.41, 5.74) is 2.98. The van der Waals surface area contributed by atoms with E-state index in [9.17, 15) is 0 Å². The second-order valence-electron chi connectivity index (χ2n) is 4.47. The van der Waals surface area contributed by atoms with Crippen LogP contribution in [0.2, 0.25) is 0 Å². The fourth-order valence-electron chi connectivity index (χ4n) is 2.18. The largest absolute Gasteiger partial charge is 0.372 e. The van der Waals surface area contributed by atoms with Crippen LogP contribution in [0.15, 0.2) is 23.4 Å². The van der Waals surface area contributed by atoms with Crippen LogP contribution in [0.3, 0.4) is 0 Å². The summed E-state index contributed by atoms with van der Waals surface area (Å²) in [4.78, 5) is 2.53. The lowest BCUT2D eigenvalue weighted by Gasteiger charge is -2.19. The Bertz CT molecular complexity index is 232. The van der Waals surface area contributed by atoms with Crippen molar-refractivity contribution in [2.45, 2.75) is 52.9 Å². The molecule has 1 heterocycles. The van der Waals surface area contributed by atoms with Gasteiger partial charge in [0.05, 0.1) is 0 Å². The van der Waals surface area contributed by atoms with Crippen LogP contribution in [0.1, 0.15) is 52.9 Å². The number of nitrogens with zero attached hydrogens (tertiary/aromatic N) is 1. The molecular weight excluding hydrogens is 182 g/mol. The first-order chi connectivity index (χ1) is 7.27. The molecule has 0 unspecified atom stereocenters. The monoisotopic (exact) mass is 207 g/mol. The Morgan fingerprint density at radius 1 is 1.20 bits per heavy atom. The Morgan fingerprint density at radius 2 is 1.87 bits per heavy atom. The molecule has 0 spiro atoms. The minimum absolute atomic E-state index is 1.14. The fourth-order valence-corrected chi connectivity index (χ4v) is 2.18. The molecule has 1 nitrogen and oxygen atoms in total. The normalized spacial score (nSPS) is 18.7. The zero-order valence-corrected chi connectivity index (χ0v) is 10.6. The minimum atomic E-state index is 1.14. The Labute approximate surface area is 94.9 Å². The van der Waals surface area contributed by atoms with Gasteiger partial charge in [-0.1, -0.05) is 31.9 Å². The smallest absolute Gasteiger partial charge is 0.0324 e. The summed E-state index contributed by atoms with van der Waals surface area (Å²) >= 11 is 0. The molecule has 1 aliphatic rings. The van der Waals surface area contributed by atoms with E-state index in [1.165, 1.54) is 50.0 Å². The third-order valence-corrected chi connectivity index (χ3v) is 2.92. The molecule has 15 heavy (non-hydrogen) atoms. The van der Waals surface area contributed by atoms with Crippen LogP contribution in [-0.2, 0) is 0 Å². The predicted octanol–water partition coefficient (Wildman–Crippen LogP) is 4.12. The topological polar surface area (TPSA) is 3.24 Å². The van der Waals surface area contributed by atoms with E-state index >= 15 is 0 Å². The van der Waals surface area contributed by atoms with Gasteiger partial charge in [-0.25, -0.2) is 0 Å². The van der Waals surface area contributed by atoms with Crippen molar-refractivity contribution in [3.63, 3.8) is 0 Å². The van der Waals surface area contributed by atoms with Gasteiger partial charge in [-0.15, -0.1) is 0 Å². The van der Waals surface area contributed by atoms with Crippen LogP contribution < -0.4 is 0 Å². The molecule has 0 saturated carbocycles. The Morgan fingerprint density at radius 3 is 2.40 bits per heavy atom. The summed E-state index contributed by atoms with van der Waals surface area (Å²) in [6.45, 7) is 9.22. The van der Waals surface area contributed by atoms with Crippen molar-refractivity contribution in [2.75, 3.05) is 13.1 Å². The van der Waals surface area contributed by atoms with E-state index in [0.717, 1.165) is 6.42 Å². The van der Waals surface area contributed by atoms with Gasteiger partial charge in [0.1, 0.15) is 0 Å². The van der Waals surface area contributed by atoms with E-state index in [1.807, 2.05) is 0 Å². The molecular formula is C14H25N. The summed E-state index contributed by atoms with van der Waals surface area (Å²) in [6.07, 6.45) is 11.1.